The van der Waals surface area contributed by atoms with E-state index in [9.17, 15) is 19.5 Å². The molecule has 2 aromatic heterocycles. The SMILES string of the molecule is C=CCO/N=C(\C(=O)N[C@@H]1C(=O)N2C(C(=O)O)=C(/C=C/Sc3ccc[n+](CCCN(C)C)c3)CS[C@H]12)c1csc(N)n1. The van der Waals surface area contributed by atoms with Gasteiger partial charge in [-0.3, -0.25) is 14.5 Å². The van der Waals surface area contributed by atoms with Gasteiger partial charge >= 0.3 is 5.97 Å². The Bertz CT molecular complexity index is 1440. The highest BCUT2D eigenvalue weighted by Gasteiger charge is 2.54. The van der Waals surface area contributed by atoms with Gasteiger partial charge in [-0.15, -0.1) is 23.1 Å². The lowest BCUT2D eigenvalue weighted by Crippen LogP contribution is -2.71. The van der Waals surface area contributed by atoms with Crippen molar-refractivity contribution in [1.29, 1.82) is 0 Å². The van der Waals surface area contributed by atoms with E-state index in [1.807, 2.05) is 37.8 Å². The molecular weight excluding hydrogens is 599 g/mol. The smallest absolute Gasteiger partial charge is 0.352 e. The predicted octanol–water partition coefficient (Wildman–Crippen LogP) is 1.92. The first kappa shape index (κ1) is 31.3. The number of nitrogen functional groups attached to an aromatic ring is 1. The number of carbonyl (C=O) groups excluding carboxylic acids is 2. The number of hydrogen-bond acceptors (Lipinski definition) is 11. The summed E-state index contributed by atoms with van der Waals surface area (Å²) < 4.78 is 2.13. The molecular formula is C27H32N7O5S3+. The van der Waals surface area contributed by atoms with Crippen LogP contribution in [0.25, 0.3) is 0 Å². The zero-order valence-electron chi connectivity index (χ0n) is 23.1. The van der Waals surface area contributed by atoms with Crippen molar-refractivity contribution in [3.05, 3.63) is 71.0 Å². The van der Waals surface area contributed by atoms with Crippen molar-refractivity contribution < 1.29 is 28.9 Å². The van der Waals surface area contributed by atoms with Crippen molar-refractivity contribution in [3.63, 3.8) is 0 Å². The Morgan fingerprint density at radius 2 is 2.26 bits per heavy atom. The standard InChI is InChI=1S/C27H31N7O5S3/c1-4-12-39-31-20(19-16-42-27(28)29-19)23(35)30-21-24(36)34-22(26(37)38)17(15-41-25(21)34)8-13-40-18-7-5-10-33(14-18)11-6-9-32(2)3/h4-5,7-8,10,13-14,16,21,25H,1,6,9,11-12,15H2,2-3H3,(H3-,28,29,30,35,37,38)/p+1/b13-8+,31-20-/t21-,25-/m1/s1. The third-order valence-corrected chi connectivity index (χ3v) is 8.90. The maximum atomic E-state index is 13.1. The number of hydrogen-bond donors (Lipinski definition) is 3. The molecule has 12 nitrogen and oxygen atoms in total. The molecule has 0 radical (unpaired) electrons. The maximum Gasteiger partial charge on any atom is 0.352 e. The molecule has 4 rings (SSSR count). The van der Waals surface area contributed by atoms with Crippen molar-refractivity contribution in [2.75, 3.05) is 38.7 Å². The Morgan fingerprint density at radius 3 is 2.95 bits per heavy atom. The molecule has 2 aromatic rings. The number of nitrogens with zero attached hydrogens (tertiary/aromatic N) is 5. The lowest BCUT2D eigenvalue weighted by Gasteiger charge is -2.49. The Kier molecular flexibility index (Phi) is 10.8. The first-order valence-corrected chi connectivity index (χ1v) is 15.7. The van der Waals surface area contributed by atoms with Crippen LogP contribution in [0.3, 0.4) is 0 Å². The fourth-order valence-electron chi connectivity index (χ4n) is 4.21. The van der Waals surface area contributed by atoms with Gasteiger partial charge in [-0.2, -0.15) is 0 Å². The molecule has 42 heavy (non-hydrogen) atoms. The number of nitrogens with one attached hydrogen (secondary N) is 1. The summed E-state index contributed by atoms with van der Waals surface area (Å²) in [6.45, 7) is 5.49. The van der Waals surface area contributed by atoms with Gasteiger partial charge in [0.15, 0.2) is 23.2 Å². The number of amides is 2. The number of fused-ring (bicyclic) bond motifs is 1. The summed E-state index contributed by atoms with van der Waals surface area (Å²) in [6.07, 6.45) is 8.29. The minimum atomic E-state index is -1.21. The number of aryl methyl sites for hydroxylation is 1. The molecule has 0 aliphatic carbocycles. The molecule has 15 heteroatoms. The number of thiazole rings is 1. The lowest BCUT2D eigenvalue weighted by molar-refractivity contribution is -0.699. The first-order chi connectivity index (χ1) is 20.2. The number of rotatable bonds is 14. The van der Waals surface area contributed by atoms with Crippen LogP contribution in [0.5, 0.6) is 0 Å². The van der Waals surface area contributed by atoms with E-state index in [0.29, 0.717) is 11.3 Å². The van der Waals surface area contributed by atoms with Crippen LogP contribution in [0.1, 0.15) is 12.1 Å². The fraction of sp³-hybridized carbons (Fsp3) is 0.333. The van der Waals surface area contributed by atoms with E-state index < -0.39 is 29.2 Å². The number of aromatic nitrogens is 2. The van der Waals surface area contributed by atoms with Crippen LogP contribution in [0.2, 0.25) is 0 Å². The van der Waals surface area contributed by atoms with Crippen molar-refractivity contribution in [3.8, 4) is 0 Å². The Morgan fingerprint density at radius 1 is 1.45 bits per heavy atom. The minimum Gasteiger partial charge on any atom is -0.477 e. The van der Waals surface area contributed by atoms with Gasteiger partial charge in [0.25, 0.3) is 11.8 Å². The molecule has 0 bridgehead atoms. The molecule has 1 fully saturated rings. The van der Waals surface area contributed by atoms with Crippen molar-refractivity contribution in [2.24, 2.45) is 5.16 Å². The number of nitrogens with two attached hydrogens (primary N) is 1. The summed E-state index contributed by atoms with van der Waals surface area (Å²) in [6, 6.07) is 3.03. The van der Waals surface area contributed by atoms with Crippen LogP contribution in [0, 0.1) is 0 Å². The molecule has 2 aliphatic heterocycles. The third-order valence-electron chi connectivity index (χ3n) is 6.14. The van der Waals surface area contributed by atoms with E-state index >= 15 is 0 Å². The number of thioether (sulfide) groups is 2. The zero-order chi connectivity index (χ0) is 30.2. The maximum absolute atomic E-state index is 13.1. The first-order valence-electron chi connectivity index (χ1n) is 12.9. The number of β-lactam (4-membered cyclic amide) rings is 1. The van der Waals surface area contributed by atoms with Crippen molar-refractivity contribution >= 4 is 63.5 Å². The number of carboxylic acids is 1. The molecule has 2 aliphatic rings. The Hall–Kier alpha value is -3.66. The van der Waals surface area contributed by atoms with E-state index in [1.54, 1.807) is 11.5 Å². The van der Waals surface area contributed by atoms with E-state index in [4.69, 9.17) is 10.6 Å². The molecule has 0 unspecified atom stereocenters. The Balaban J connectivity index is 1.43. The van der Waals surface area contributed by atoms with Gasteiger partial charge in [0.1, 0.15) is 36.0 Å². The quantitative estimate of drug-likeness (QED) is 0.0537. The Labute approximate surface area is 256 Å². The summed E-state index contributed by atoms with van der Waals surface area (Å²) in [7, 11) is 4.09. The van der Waals surface area contributed by atoms with Crippen molar-refractivity contribution in [1.82, 2.24) is 20.1 Å². The highest BCUT2D eigenvalue weighted by atomic mass is 32.2. The number of aliphatic carboxylic acids is 1. The van der Waals surface area contributed by atoms with Gasteiger partial charge in [-0.25, -0.2) is 14.3 Å². The molecule has 0 saturated carbocycles. The monoisotopic (exact) mass is 630 g/mol. The summed E-state index contributed by atoms with van der Waals surface area (Å²) in [5.41, 5.74) is 6.19. The summed E-state index contributed by atoms with van der Waals surface area (Å²) in [4.78, 5) is 52.0. The van der Waals surface area contributed by atoms with Crippen LogP contribution in [0.4, 0.5) is 5.13 Å². The average Bonchev–Trinajstić information content (AvgIpc) is 3.39. The van der Waals surface area contributed by atoms with E-state index in [2.05, 4.69) is 37.7 Å². The number of pyridine rings is 1. The molecule has 2 atom stereocenters. The summed E-state index contributed by atoms with van der Waals surface area (Å²) in [5.74, 6) is -2.07. The highest BCUT2D eigenvalue weighted by Crippen LogP contribution is 2.41. The topological polar surface area (TPSA) is 154 Å². The van der Waals surface area contributed by atoms with Gasteiger partial charge in [-0.05, 0) is 37.2 Å². The molecule has 0 aromatic carbocycles. The van der Waals surface area contributed by atoms with Crippen molar-refractivity contribution in [2.45, 2.75) is 29.3 Å². The highest BCUT2D eigenvalue weighted by molar-refractivity contribution is 8.02. The van der Waals surface area contributed by atoms with Gasteiger partial charge < -0.3 is 25.9 Å². The molecule has 222 valence electrons. The van der Waals surface area contributed by atoms with Crippen LogP contribution < -0.4 is 15.6 Å². The number of anilines is 1. The van der Waals surface area contributed by atoms with Gasteiger partial charge in [0, 0.05) is 30.2 Å². The van der Waals surface area contributed by atoms with Crippen LogP contribution >= 0.6 is 34.9 Å². The van der Waals surface area contributed by atoms with Gasteiger partial charge in [-0.1, -0.05) is 29.6 Å². The van der Waals surface area contributed by atoms with E-state index in [1.165, 1.54) is 34.5 Å². The van der Waals surface area contributed by atoms with Crippen LogP contribution in [-0.2, 0) is 25.8 Å². The second-order valence-corrected chi connectivity index (χ2v) is 12.5. The summed E-state index contributed by atoms with van der Waals surface area (Å²) in [5, 5.41) is 19.5. The molecule has 0 spiro atoms. The van der Waals surface area contributed by atoms with Gasteiger partial charge in [0.05, 0.1) is 4.90 Å². The average molecular weight is 631 g/mol. The van der Waals surface area contributed by atoms with E-state index in [-0.39, 0.29) is 28.8 Å². The molecule has 1 saturated heterocycles. The third kappa shape index (κ3) is 7.59. The molecule has 2 amide bonds. The predicted molar refractivity (Wildman–Crippen MR) is 164 cm³/mol. The second-order valence-electron chi connectivity index (χ2n) is 9.49. The molecule has 4 heterocycles. The molecule has 4 N–H and O–H groups in total. The minimum absolute atomic E-state index is 0.0629. The zero-order valence-corrected chi connectivity index (χ0v) is 25.6. The number of carboxylic acid groups (broad SMARTS) is 1. The fourth-order valence-corrected chi connectivity index (χ4v) is 6.82. The number of oxime groups is 1. The second kappa shape index (κ2) is 14.5. The number of carbonyl (C=O) groups is 3. The lowest BCUT2D eigenvalue weighted by atomic mass is 10.0. The largest absolute Gasteiger partial charge is 0.477 e. The van der Waals surface area contributed by atoms with Gasteiger partial charge in [0.2, 0.25) is 0 Å². The summed E-state index contributed by atoms with van der Waals surface area (Å²) >= 11 is 3.97. The normalized spacial score (nSPS) is 18.7. The van der Waals surface area contributed by atoms with Crippen LogP contribution in [-0.4, -0.2) is 87.8 Å². The van der Waals surface area contributed by atoms with Crippen LogP contribution in [0.15, 0.2) is 75.4 Å². The number of allylic oxidation sites excluding steroid dienone is 1. The van der Waals surface area contributed by atoms with E-state index in [0.717, 1.165) is 35.7 Å².